The Hall–Kier alpha value is -2.37. The van der Waals surface area contributed by atoms with Crippen LogP contribution in [0.1, 0.15) is 33.6 Å². The first-order chi connectivity index (χ1) is 11.2. The molecular formula is C18H21NO5. The molecular weight excluding hydrogens is 310 g/mol. The van der Waals surface area contributed by atoms with Gasteiger partial charge in [-0.25, -0.2) is 0 Å². The molecule has 1 aromatic carbocycles. The smallest absolute Gasteiger partial charge is 0.329 e. The summed E-state index contributed by atoms with van der Waals surface area (Å²) in [5.74, 6) is -1.27. The van der Waals surface area contributed by atoms with E-state index in [1.165, 1.54) is 7.11 Å². The van der Waals surface area contributed by atoms with E-state index in [1.54, 1.807) is 45.0 Å². The number of methoxy groups -OCH3 is 1. The van der Waals surface area contributed by atoms with Gasteiger partial charge in [-0.1, -0.05) is 26.0 Å². The Morgan fingerprint density at radius 3 is 2.46 bits per heavy atom. The first-order valence-corrected chi connectivity index (χ1v) is 7.92. The maximum Gasteiger partial charge on any atom is 0.329 e. The number of fused-ring (bicyclic) bond motifs is 2. The first-order valence-electron chi connectivity index (χ1n) is 7.92. The highest BCUT2D eigenvalue weighted by molar-refractivity contribution is 6.15. The van der Waals surface area contributed by atoms with Crippen molar-refractivity contribution >= 4 is 23.5 Å². The van der Waals surface area contributed by atoms with Crippen molar-refractivity contribution in [1.82, 2.24) is 0 Å². The number of cyclic esters (lactones) is 2. The summed E-state index contributed by atoms with van der Waals surface area (Å²) >= 11 is 0. The van der Waals surface area contributed by atoms with Gasteiger partial charge in [0.15, 0.2) is 5.41 Å². The first kappa shape index (κ1) is 16.5. The number of hydrogen-bond acceptors (Lipinski definition) is 5. The molecule has 24 heavy (non-hydrogen) atoms. The molecule has 0 spiro atoms. The fraction of sp³-hybridized carbons (Fsp3) is 0.500. The molecule has 2 fully saturated rings. The van der Waals surface area contributed by atoms with Crippen LogP contribution in [-0.4, -0.2) is 25.0 Å². The Morgan fingerprint density at radius 1 is 1.12 bits per heavy atom. The summed E-state index contributed by atoms with van der Waals surface area (Å²) in [5, 5.41) is 2.79. The summed E-state index contributed by atoms with van der Waals surface area (Å²) in [6.45, 7) is 5.35. The number of hydrogen-bond donors (Lipinski definition) is 1. The monoisotopic (exact) mass is 331 g/mol. The van der Waals surface area contributed by atoms with Crippen LogP contribution in [0.2, 0.25) is 0 Å². The van der Waals surface area contributed by atoms with E-state index in [1.807, 2.05) is 0 Å². The van der Waals surface area contributed by atoms with Gasteiger partial charge in [-0.15, -0.1) is 0 Å². The van der Waals surface area contributed by atoms with Crippen LogP contribution in [0.4, 0.5) is 5.69 Å². The number of benzene rings is 1. The van der Waals surface area contributed by atoms with Gasteiger partial charge in [-0.3, -0.25) is 14.4 Å². The van der Waals surface area contributed by atoms with E-state index in [2.05, 4.69) is 5.32 Å². The molecule has 3 rings (SSSR count). The average Bonchev–Trinajstić information content (AvgIpc) is 2.69. The van der Waals surface area contributed by atoms with Crippen molar-refractivity contribution < 1.29 is 23.9 Å². The zero-order chi connectivity index (χ0) is 17.8. The second-order valence-corrected chi connectivity index (χ2v) is 7.19. The third-order valence-corrected chi connectivity index (χ3v) is 6.17. The lowest BCUT2D eigenvalue weighted by Crippen LogP contribution is -2.61. The highest BCUT2D eigenvalue weighted by Gasteiger charge is 2.75. The van der Waals surface area contributed by atoms with Gasteiger partial charge < -0.3 is 14.8 Å². The summed E-state index contributed by atoms with van der Waals surface area (Å²) in [7, 11) is 1.51. The Labute approximate surface area is 140 Å². The number of ether oxygens (including phenoxy) is 2. The number of anilines is 1. The third-order valence-electron chi connectivity index (χ3n) is 6.17. The largest absolute Gasteiger partial charge is 0.495 e. The van der Waals surface area contributed by atoms with E-state index in [9.17, 15) is 14.4 Å². The minimum Gasteiger partial charge on any atom is -0.495 e. The lowest BCUT2D eigenvalue weighted by atomic mass is 9.57. The number of carbonyl (C=O) groups excluding carboxylic acids is 3. The molecule has 1 aromatic rings. The molecule has 1 aliphatic heterocycles. The van der Waals surface area contributed by atoms with Crippen molar-refractivity contribution in [2.24, 2.45) is 16.2 Å². The predicted molar refractivity (Wildman–Crippen MR) is 86.3 cm³/mol. The molecule has 0 radical (unpaired) electrons. The van der Waals surface area contributed by atoms with Crippen molar-refractivity contribution in [3.05, 3.63) is 24.3 Å². The zero-order valence-electron chi connectivity index (χ0n) is 14.3. The predicted octanol–water partition coefficient (Wildman–Crippen LogP) is 2.53. The quantitative estimate of drug-likeness (QED) is 0.680. The van der Waals surface area contributed by atoms with Crippen molar-refractivity contribution in [1.29, 1.82) is 0 Å². The topological polar surface area (TPSA) is 81.7 Å². The van der Waals surface area contributed by atoms with E-state index in [0.29, 0.717) is 17.9 Å². The molecule has 2 aliphatic rings. The van der Waals surface area contributed by atoms with E-state index in [0.717, 1.165) is 0 Å². The number of nitrogens with one attached hydrogen (secondary N) is 1. The molecule has 128 valence electrons. The normalized spacial score (nSPS) is 30.7. The summed E-state index contributed by atoms with van der Waals surface area (Å²) < 4.78 is 10.2. The molecule has 2 bridgehead atoms. The van der Waals surface area contributed by atoms with Crippen LogP contribution in [0, 0.1) is 16.2 Å². The summed E-state index contributed by atoms with van der Waals surface area (Å²) in [4.78, 5) is 37.9. The number of amides is 1. The maximum absolute atomic E-state index is 13.1. The fourth-order valence-electron chi connectivity index (χ4n) is 4.00. The van der Waals surface area contributed by atoms with Gasteiger partial charge in [0.25, 0.3) is 0 Å². The molecule has 1 N–H and O–H groups in total. The molecule has 2 atom stereocenters. The average molecular weight is 331 g/mol. The van der Waals surface area contributed by atoms with Crippen molar-refractivity contribution in [2.45, 2.75) is 33.6 Å². The van der Waals surface area contributed by atoms with Crippen LogP contribution in [0.3, 0.4) is 0 Å². The summed E-state index contributed by atoms with van der Waals surface area (Å²) in [6.07, 6.45) is 0.714. The van der Waals surface area contributed by atoms with Crippen LogP contribution < -0.4 is 10.1 Å². The van der Waals surface area contributed by atoms with E-state index in [-0.39, 0.29) is 6.42 Å². The maximum atomic E-state index is 13.1. The van der Waals surface area contributed by atoms with Crippen LogP contribution in [0.15, 0.2) is 24.3 Å². The lowest BCUT2D eigenvalue weighted by molar-refractivity contribution is -0.195. The summed E-state index contributed by atoms with van der Waals surface area (Å²) in [5.41, 5.74) is -2.62. The molecule has 0 aromatic heterocycles. The second kappa shape index (κ2) is 5.06. The molecule has 6 heteroatoms. The highest BCUT2D eigenvalue weighted by atomic mass is 16.6. The van der Waals surface area contributed by atoms with Crippen LogP contribution in [0.5, 0.6) is 5.75 Å². The van der Waals surface area contributed by atoms with Gasteiger partial charge in [0.05, 0.1) is 18.2 Å². The van der Waals surface area contributed by atoms with E-state index in [4.69, 9.17) is 9.47 Å². The second-order valence-electron chi connectivity index (χ2n) is 7.19. The van der Waals surface area contributed by atoms with Gasteiger partial charge in [0, 0.05) is 5.41 Å². The number of rotatable bonds is 3. The number of para-hydroxylation sites is 2. The SMILES string of the molecule is COc1ccccc1NC(=O)C12CCC(C)(C(=O)OC1=O)C2(C)C. The van der Waals surface area contributed by atoms with Gasteiger partial charge in [-0.05, 0) is 31.9 Å². The van der Waals surface area contributed by atoms with Crippen molar-refractivity contribution in [2.75, 3.05) is 12.4 Å². The molecule has 1 amide bonds. The molecule has 1 saturated heterocycles. The van der Waals surface area contributed by atoms with Crippen LogP contribution in [0.25, 0.3) is 0 Å². The number of carbonyl (C=O) groups is 3. The van der Waals surface area contributed by atoms with E-state index < -0.39 is 34.1 Å². The molecule has 6 nitrogen and oxygen atoms in total. The molecule has 2 unspecified atom stereocenters. The molecule has 1 heterocycles. The fourth-order valence-corrected chi connectivity index (χ4v) is 4.00. The van der Waals surface area contributed by atoms with E-state index >= 15 is 0 Å². The minimum atomic E-state index is -1.39. The Kier molecular flexibility index (Phi) is 3.48. The van der Waals surface area contributed by atoms with Crippen molar-refractivity contribution in [3.8, 4) is 5.75 Å². The summed E-state index contributed by atoms with van der Waals surface area (Å²) in [6, 6.07) is 6.98. The van der Waals surface area contributed by atoms with Gasteiger partial charge in [0.1, 0.15) is 5.75 Å². The Bertz CT molecular complexity index is 741. The minimum absolute atomic E-state index is 0.280. The number of esters is 2. The van der Waals surface area contributed by atoms with Crippen LogP contribution >= 0.6 is 0 Å². The molecule has 1 aliphatic carbocycles. The third kappa shape index (κ3) is 1.79. The standard InChI is InChI=1S/C18H21NO5/c1-16(2)17(3)9-10-18(16,15(22)24-14(17)21)13(20)19-11-7-5-6-8-12(11)23-4/h5-8H,9-10H2,1-4H3,(H,19,20). The van der Waals surface area contributed by atoms with Gasteiger partial charge in [-0.2, -0.15) is 0 Å². The zero-order valence-corrected chi connectivity index (χ0v) is 14.3. The Morgan fingerprint density at radius 2 is 1.79 bits per heavy atom. The highest BCUT2D eigenvalue weighted by Crippen LogP contribution is 2.66. The van der Waals surface area contributed by atoms with Crippen LogP contribution in [-0.2, 0) is 19.1 Å². The molecule has 1 saturated carbocycles. The lowest BCUT2D eigenvalue weighted by Gasteiger charge is -2.48. The van der Waals surface area contributed by atoms with Gasteiger partial charge >= 0.3 is 11.9 Å². The van der Waals surface area contributed by atoms with Gasteiger partial charge in [0.2, 0.25) is 5.91 Å². The van der Waals surface area contributed by atoms with Crippen molar-refractivity contribution in [3.63, 3.8) is 0 Å². The Balaban J connectivity index is 2.02.